The van der Waals surface area contributed by atoms with E-state index in [2.05, 4.69) is 4.74 Å². The van der Waals surface area contributed by atoms with Crippen molar-refractivity contribution in [3.05, 3.63) is 12.2 Å². The minimum absolute atomic E-state index is 0.0136. The Kier molecular flexibility index (Phi) is 13.8. The number of carbonyl (C=O) groups is 2. The molecule has 1 rings (SSSR count). The first-order valence-electron chi connectivity index (χ1n) is 10.00. The molecule has 31 heavy (non-hydrogen) atoms. The second-order valence-electron chi connectivity index (χ2n) is 7.09. The highest BCUT2D eigenvalue weighted by Gasteiger charge is 2.37. The molecule has 180 valence electrons. The van der Waals surface area contributed by atoms with Gasteiger partial charge in [-0.2, -0.15) is 0 Å². The summed E-state index contributed by atoms with van der Waals surface area (Å²) >= 11 is 16.5. The number of methoxy groups -OCH3 is 2. The molecule has 1 aliphatic rings. The molecule has 0 heterocycles. The number of halogens is 3. The van der Waals surface area contributed by atoms with Crippen LogP contribution in [0.4, 0.5) is 4.79 Å². The van der Waals surface area contributed by atoms with Gasteiger partial charge in [0.1, 0.15) is 20.0 Å². The number of hydrogen-bond donors (Lipinski definition) is 0. The van der Waals surface area contributed by atoms with Crippen LogP contribution in [0.1, 0.15) is 39.0 Å². The number of hydrogen-bond acceptors (Lipinski definition) is 8. The fourth-order valence-corrected chi connectivity index (χ4v) is 3.52. The van der Waals surface area contributed by atoms with E-state index >= 15 is 0 Å². The van der Waals surface area contributed by atoms with Gasteiger partial charge in [0, 0.05) is 13.5 Å². The fraction of sp³-hybridized carbons (Fsp3) is 0.800. The van der Waals surface area contributed by atoms with E-state index in [0.717, 1.165) is 25.7 Å². The molecule has 0 N–H and O–H groups in total. The first-order chi connectivity index (χ1) is 14.7. The number of rotatable bonds is 13. The Labute approximate surface area is 198 Å². The van der Waals surface area contributed by atoms with Crippen LogP contribution in [0.3, 0.4) is 0 Å². The second kappa shape index (κ2) is 15.1. The number of allylic oxidation sites excluding steroid dienone is 1. The smallest absolute Gasteiger partial charge is 0.469 e. The van der Waals surface area contributed by atoms with Gasteiger partial charge in [-0.05, 0) is 44.4 Å². The van der Waals surface area contributed by atoms with Crippen LogP contribution in [0.2, 0.25) is 0 Å². The molecule has 0 saturated heterocycles. The van der Waals surface area contributed by atoms with Crippen LogP contribution >= 0.6 is 34.8 Å². The van der Waals surface area contributed by atoms with Crippen molar-refractivity contribution in [2.45, 2.75) is 55.2 Å². The van der Waals surface area contributed by atoms with Crippen LogP contribution in [0, 0.1) is 11.8 Å². The van der Waals surface area contributed by atoms with Gasteiger partial charge in [0.2, 0.25) is 3.79 Å². The number of alkyl halides is 3. The van der Waals surface area contributed by atoms with Crippen molar-refractivity contribution < 1.29 is 38.0 Å². The molecule has 11 heteroatoms. The Balaban J connectivity index is 2.43. The molecule has 0 spiro atoms. The van der Waals surface area contributed by atoms with Crippen LogP contribution in [0.5, 0.6) is 0 Å². The van der Waals surface area contributed by atoms with E-state index in [1.165, 1.54) is 7.11 Å². The van der Waals surface area contributed by atoms with Crippen molar-refractivity contribution in [3.8, 4) is 0 Å². The standard InChI is InChI=1S/C20H31Cl3O8/c1-14(26-2)30-13-31-17-9-8-15(11-18(24)27-3)16(17)7-5-4-6-10-28-19(25)29-12-20(21,22)23/h4,6,14-17H,5,7-13H2,1-3H3/b6-4-/t14?,15-,16+,17-/m1/s1. The molecule has 1 aliphatic carbocycles. The van der Waals surface area contributed by atoms with Crippen LogP contribution < -0.4 is 0 Å². The Hall–Kier alpha value is -0.770. The molecule has 0 aromatic heterocycles. The topological polar surface area (TPSA) is 89.5 Å². The Morgan fingerprint density at radius 3 is 2.52 bits per heavy atom. The van der Waals surface area contributed by atoms with E-state index in [9.17, 15) is 9.59 Å². The third-order valence-corrected chi connectivity index (χ3v) is 5.29. The Bertz CT molecular complexity index is 567. The average Bonchev–Trinajstić information content (AvgIpc) is 3.09. The van der Waals surface area contributed by atoms with Gasteiger partial charge in [-0.1, -0.05) is 47.0 Å². The van der Waals surface area contributed by atoms with E-state index < -0.39 is 16.6 Å². The third-order valence-electron chi connectivity index (χ3n) is 4.96. The van der Waals surface area contributed by atoms with Crippen molar-refractivity contribution in [2.75, 3.05) is 34.2 Å². The average molecular weight is 506 g/mol. The predicted octanol–water partition coefficient (Wildman–Crippen LogP) is 4.79. The summed E-state index contributed by atoms with van der Waals surface area (Å²) in [6.45, 7) is 1.56. The molecule has 4 atom stereocenters. The molecule has 0 amide bonds. The molecule has 8 nitrogen and oxygen atoms in total. The summed E-state index contributed by atoms with van der Waals surface area (Å²) in [7, 11) is 2.95. The van der Waals surface area contributed by atoms with Crippen molar-refractivity contribution in [1.29, 1.82) is 0 Å². The van der Waals surface area contributed by atoms with Gasteiger partial charge in [-0.15, -0.1) is 0 Å². The molecule has 1 unspecified atom stereocenters. The Morgan fingerprint density at radius 2 is 1.87 bits per heavy atom. The first-order valence-corrected chi connectivity index (χ1v) is 11.1. The number of esters is 1. The molecule has 1 fully saturated rings. The molecular formula is C20H31Cl3O8. The summed E-state index contributed by atoms with van der Waals surface area (Å²) in [6.07, 6.45) is 5.95. The summed E-state index contributed by atoms with van der Waals surface area (Å²) < 4.78 is 29.0. The highest BCUT2D eigenvalue weighted by atomic mass is 35.6. The van der Waals surface area contributed by atoms with Crippen LogP contribution in [-0.4, -0.2) is 62.5 Å². The quantitative estimate of drug-likeness (QED) is 0.153. The van der Waals surface area contributed by atoms with E-state index in [1.54, 1.807) is 20.1 Å². The maximum Gasteiger partial charge on any atom is 0.508 e. The zero-order chi connectivity index (χ0) is 23.3. The number of carbonyl (C=O) groups excluding carboxylic acids is 2. The first kappa shape index (κ1) is 28.3. The molecule has 0 aliphatic heterocycles. The van der Waals surface area contributed by atoms with Gasteiger partial charge in [0.05, 0.1) is 13.2 Å². The minimum atomic E-state index is -1.68. The maximum absolute atomic E-state index is 11.8. The monoisotopic (exact) mass is 504 g/mol. The van der Waals surface area contributed by atoms with Crippen molar-refractivity contribution in [3.63, 3.8) is 0 Å². The summed E-state index contributed by atoms with van der Waals surface area (Å²) in [5.41, 5.74) is 0. The van der Waals surface area contributed by atoms with Gasteiger partial charge in [0.15, 0.2) is 6.29 Å². The van der Waals surface area contributed by atoms with E-state index in [0.29, 0.717) is 6.42 Å². The van der Waals surface area contributed by atoms with Gasteiger partial charge < -0.3 is 28.4 Å². The summed E-state index contributed by atoms with van der Waals surface area (Å²) in [6, 6.07) is 0. The van der Waals surface area contributed by atoms with Crippen molar-refractivity contribution in [1.82, 2.24) is 0 Å². The van der Waals surface area contributed by atoms with Gasteiger partial charge in [-0.3, -0.25) is 4.79 Å². The molecular weight excluding hydrogens is 475 g/mol. The van der Waals surface area contributed by atoms with Gasteiger partial charge in [0.25, 0.3) is 0 Å². The van der Waals surface area contributed by atoms with Crippen LogP contribution in [-0.2, 0) is 33.2 Å². The largest absolute Gasteiger partial charge is 0.508 e. The molecule has 1 saturated carbocycles. The van der Waals surface area contributed by atoms with Gasteiger partial charge >= 0.3 is 12.1 Å². The second-order valence-corrected chi connectivity index (χ2v) is 9.60. The highest BCUT2D eigenvalue weighted by molar-refractivity contribution is 6.67. The van der Waals surface area contributed by atoms with Crippen LogP contribution in [0.15, 0.2) is 12.2 Å². The predicted molar refractivity (Wildman–Crippen MR) is 116 cm³/mol. The number of ether oxygens (including phenoxy) is 6. The molecule has 0 aromatic carbocycles. The van der Waals surface area contributed by atoms with Crippen LogP contribution in [0.25, 0.3) is 0 Å². The summed E-state index contributed by atoms with van der Waals surface area (Å²) in [4.78, 5) is 23.1. The summed E-state index contributed by atoms with van der Waals surface area (Å²) in [5.74, 6) is 0.136. The fourth-order valence-electron chi connectivity index (χ4n) is 3.35. The normalized spacial score (nSPS) is 22.5. The maximum atomic E-state index is 11.8. The van der Waals surface area contributed by atoms with Crippen molar-refractivity contribution in [2.24, 2.45) is 11.8 Å². The lowest BCUT2D eigenvalue weighted by Crippen LogP contribution is -2.26. The lowest BCUT2D eigenvalue weighted by atomic mass is 9.88. The molecule has 0 bridgehead atoms. The SMILES string of the molecule is COC(=O)C[C@H]1CC[C@@H](OCOC(C)OC)[C@H]1CC/C=C\COC(=O)OCC(Cl)(Cl)Cl. The minimum Gasteiger partial charge on any atom is -0.469 e. The highest BCUT2D eigenvalue weighted by Crippen LogP contribution is 2.39. The Morgan fingerprint density at radius 1 is 1.13 bits per heavy atom. The molecule has 0 radical (unpaired) electrons. The zero-order valence-corrected chi connectivity index (χ0v) is 20.3. The molecule has 0 aromatic rings. The van der Waals surface area contributed by atoms with E-state index in [-0.39, 0.29) is 43.6 Å². The zero-order valence-electron chi connectivity index (χ0n) is 18.0. The third kappa shape index (κ3) is 12.7. The van der Waals surface area contributed by atoms with Gasteiger partial charge in [-0.25, -0.2) is 4.79 Å². The van der Waals surface area contributed by atoms with E-state index in [1.807, 2.05) is 6.08 Å². The van der Waals surface area contributed by atoms with E-state index in [4.69, 9.17) is 58.5 Å². The summed E-state index contributed by atoms with van der Waals surface area (Å²) in [5, 5.41) is 0. The lowest BCUT2D eigenvalue weighted by molar-refractivity contribution is -0.192. The van der Waals surface area contributed by atoms with Crippen molar-refractivity contribution >= 4 is 46.9 Å². The lowest BCUT2D eigenvalue weighted by Gasteiger charge is -2.25.